The van der Waals surface area contributed by atoms with Crippen LogP contribution in [0.5, 0.6) is 0 Å². The molecular weight excluding hydrogens is 468 g/mol. The van der Waals surface area contributed by atoms with Crippen LogP contribution in [-0.2, 0) is 12.8 Å². The molecule has 0 radical (unpaired) electrons. The van der Waals surface area contributed by atoms with E-state index in [0.29, 0.717) is 13.1 Å². The number of hydrogen-bond donors (Lipinski definition) is 1. The fourth-order valence-electron chi connectivity index (χ4n) is 5.37. The highest BCUT2D eigenvalue weighted by Gasteiger charge is 2.18. The quantitative estimate of drug-likeness (QED) is 0.213. The predicted molar refractivity (Wildman–Crippen MR) is 159 cm³/mol. The molecule has 0 aliphatic rings. The zero-order chi connectivity index (χ0) is 27.1. The van der Waals surface area contributed by atoms with Crippen LogP contribution in [0, 0.1) is 13.8 Å². The second-order valence-corrected chi connectivity index (χ2v) is 10.5. The lowest BCUT2D eigenvalue weighted by molar-refractivity contribution is 0.0773. The molecule has 0 spiro atoms. The number of unbranched alkanes of at least 4 members (excludes halogenated alkanes) is 1. The molecule has 5 heteroatoms. The maximum absolute atomic E-state index is 13.1. The number of carbonyl (C=O) groups is 1. The Morgan fingerprint density at radius 2 is 1.58 bits per heavy atom. The average molecular weight is 511 g/mol. The van der Waals surface area contributed by atoms with Crippen molar-refractivity contribution in [1.29, 1.82) is 0 Å². The summed E-state index contributed by atoms with van der Waals surface area (Å²) in [7, 11) is 2.22. The van der Waals surface area contributed by atoms with Gasteiger partial charge in [-0.2, -0.15) is 0 Å². The number of benzene rings is 2. The van der Waals surface area contributed by atoms with Crippen LogP contribution in [0.3, 0.4) is 0 Å². The summed E-state index contributed by atoms with van der Waals surface area (Å²) in [6, 6.07) is 17.1. The van der Waals surface area contributed by atoms with Crippen molar-refractivity contribution < 1.29 is 4.79 Å². The fraction of sp³-hybridized carbons (Fsp3) is 0.394. The Kier molecular flexibility index (Phi) is 9.35. The van der Waals surface area contributed by atoms with Gasteiger partial charge in [0.05, 0.1) is 0 Å². The third kappa shape index (κ3) is 6.70. The fourth-order valence-corrected chi connectivity index (χ4v) is 5.37. The van der Waals surface area contributed by atoms with Crippen LogP contribution in [-0.4, -0.2) is 58.9 Å². The summed E-state index contributed by atoms with van der Waals surface area (Å²) in [6.07, 6.45) is 8.10. The second-order valence-electron chi connectivity index (χ2n) is 10.5. The van der Waals surface area contributed by atoms with Crippen molar-refractivity contribution in [3.63, 3.8) is 0 Å². The molecule has 0 unspecified atom stereocenters. The minimum atomic E-state index is 0.100. The molecule has 38 heavy (non-hydrogen) atoms. The zero-order valence-corrected chi connectivity index (χ0v) is 23.7. The van der Waals surface area contributed by atoms with Crippen molar-refractivity contribution >= 4 is 16.8 Å². The van der Waals surface area contributed by atoms with Gasteiger partial charge in [-0.15, -0.1) is 0 Å². The van der Waals surface area contributed by atoms with Crippen molar-refractivity contribution in [3.8, 4) is 11.3 Å². The van der Waals surface area contributed by atoms with Gasteiger partial charge in [0.1, 0.15) is 0 Å². The number of carbonyl (C=O) groups excluding carboxylic acids is 1. The lowest BCUT2D eigenvalue weighted by Gasteiger charge is -2.19. The van der Waals surface area contributed by atoms with Gasteiger partial charge < -0.3 is 14.8 Å². The van der Waals surface area contributed by atoms with Crippen LogP contribution in [0.2, 0.25) is 0 Å². The minimum Gasteiger partial charge on any atom is -0.354 e. The molecule has 2 aromatic heterocycles. The largest absolute Gasteiger partial charge is 0.354 e. The van der Waals surface area contributed by atoms with E-state index in [2.05, 4.69) is 78.2 Å². The van der Waals surface area contributed by atoms with E-state index in [1.807, 2.05) is 37.2 Å². The number of H-pyrrole nitrogens is 1. The van der Waals surface area contributed by atoms with E-state index in [0.717, 1.165) is 42.4 Å². The lowest BCUT2D eigenvalue weighted by atomic mass is 9.98. The highest BCUT2D eigenvalue weighted by atomic mass is 16.2. The first kappa shape index (κ1) is 27.6. The third-order valence-corrected chi connectivity index (χ3v) is 7.46. The number of aromatic nitrogens is 2. The van der Waals surface area contributed by atoms with E-state index in [1.165, 1.54) is 46.4 Å². The van der Waals surface area contributed by atoms with Gasteiger partial charge in [-0.25, -0.2) is 0 Å². The van der Waals surface area contributed by atoms with Gasteiger partial charge >= 0.3 is 0 Å². The zero-order valence-electron chi connectivity index (χ0n) is 23.7. The smallest absolute Gasteiger partial charge is 0.253 e. The van der Waals surface area contributed by atoms with Gasteiger partial charge in [-0.3, -0.25) is 9.78 Å². The van der Waals surface area contributed by atoms with Crippen molar-refractivity contribution in [2.24, 2.45) is 0 Å². The van der Waals surface area contributed by atoms with Gasteiger partial charge in [-0.1, -0.05) is 17.2 Å². The highest BCUT2D eigenvalue weighted by Crippen LogP contribution is 2.33. The third-order valence-electron chi connectivity index (χ3n) is 7.46. The number of rotatable bonds is 12. The van der Waals surface area contributed by atoms with E-state index < -0.39 is 0 Å². The summed E-state index contributed by atoms with van der Waals surface area (Å²) in [5.41, 5.74) is 9.40. The van der Waals surface area contributed by atoms with Crippen LogP contribution in [0.1, 0.15) is 59.3 Å². The Morgan fingerprint density at radius 3 is 2.26 bits per heavy atom. The topological polar surface area (TPSA) is 52.2 Å². The summed E-state index contributed by atoms with van der Waals surface area (Å²) in [5, 5.41) is 1.16. The predicted octanol–water partition coefficient (Wildman–Crippen LogP) is 6.83. The van der Waals surface area contributed by atoms with Crippen molar-refractivity contribution in [1.82, 2.24) is 19.8 Å². The number of aryl methyl sites for hydroxylation is 3. The normalized spacial score (nSPS) is 11.4. The molecule has 5 nitrogen and oxygen atoms in total. The number of likely N-dealkylation sites (N-methyl/N-ethyl adjacent to an activating group) is 1. The molecule has 200 valence electrons. The SMILES string of the molecule is CCN(CC)C(=O)c1ccc2[nH]c(-c3cc(C)cc(C)c3)c(CCN(C)CCCCc3ccncc3)c2c1. The summed E-state index contributed by atoms with van der Waals surface area (Å²) in [5.74, 6) is 0.100. The van der Waals surface area contributed by atoms with Crippen LogP contribution >= 0.6 is 0 Å². The van der Waals surface area contributed by atoms with E-state index >= 15 is 0 Å². The van der Waals surface area contributed by atoms with Crippen molar-refractivity contribution in [2.75, 3.05) is 33.2 Å². The number of nitrogens with zero attached hydrogens (tertiary/aromatic N) is 3. The number of hydrogen-bond acceptors (Lipinski definition) is 3. The molecule has 0 aliphatic carbocycles. The maximum atomic E-state index is 13.1. The number of fused-ring (bicyclic) bond motifs is 1. The van der Waals surface area contributed by atoms with Gasteiger partial charge in [0.15, 0.2) is 0 Å². The number of nitrogens with one attached hydrogen (secondary N) is 1. The molecule has 0 bridgehead atoms. The Balaban J connectivity index is 1.56. The summed E-state index contributed by atoms with van der Waals surface area (Å²) in [6.45, 7) is 11.8. The molecule has 0 fully saturated rings. The average Bonchev–Trinajstić information content (AvgIpc) is 3.28. The monoisotopic (exact) mass is 510 g/mol. The molecule has 0 atom stereocenters. The van der Waals surface area contributed by atoms with Gasteiger partial charge in [-0.05, 0) is 126 Å². The molecule has 2 heterocycles. The number of aromatic amines is 1. The Labute approximate surface area is 227 Å². The van der Waals surface area contributed by atoms with Crippen LogP contribution in [0.25, 0.3) is 22.2 Å². The van der Waals surface area contributed by atoms with Gasteiger partial charge in [0.2, 0.25) is 0 Å². The van der Waals surface area contributed by atoms with E-state index in [-0.39, 0.29) is 5.91 Å². The molecule has 4 aromatic rings. The first-order chi connectivity index (χ1) is 18.4. The molecule has 4 rings (SSSR count). The summed E-state index contributed by atoms with van der Waals surface area (Å²) in [4.78, 5) is 25.3. The van der Waals surface area contributed by atoms with Crippen molar-refractivity contribution in [3.05, 3.63) is 88.7 Å². The Bertz CT molecular complexity index is 1330. The molecule has 0 saturated heterocycles. The van der Waals surface area contributed by atoms with E-state index in [4.69, 9.17) is 0 Å². The maximum Gasteiger partial charge on any atom is 0.253 e. The summed E-state index contributed by atoms with van der Waals surface area (Å²) >= 11 is 0. The Morgan fingerprint density at radius 1 is 0.868 bits per heavy atom. The molecule has 0 aliphatic heterocycles. The van der Waals surface area contributed by atoms with Crippen LogP contribution < -0.4 is 0 Å². The van der Waals surface area contributed by atoms with Crippen LogP contribution in [0.15, 0.2) is 60.9 Å². The standard InChI is InChI=1S/C33H42N4O/c1-6-37(7-2)33(38)27-11-12-31-30(23-27)29(32(35-31)28-21-24(3)20-25(4)22-28)15-19-36(5)18-9-8-10-26-13-16-34-17-14-26/h11-14,16-17,20-23,35H,6-10,15,18-19H2,1-5H3. The highest BCUT2D eigenvalue weighted by molar-refractivity contribution is 6.00. The molecular formula is C33H42N4O. The van der Waals surface area contributed by atoms with Gasteiger partial charge in [0.25, 0.3) is 5.91 Å². The molecule has 2 aromatic carbocycles. The summed E-state index contributed by atoms with van der Waals surface area (Å²) < 4.78 is 0. The van der Waals surface area contributed by atoms with Crippen molar-refractivity contribution in [2.45, 2.75) is 53.4 Å². The first-order valence-electron chi connectivity index (χ1n) is 14.0. The van der Waals surface area contributed by atoms with Gasteiger partial charge in [0, 0.05) is 54.2 Å². The lowest BCUT2D eigenvalue weighted by Crippen LogP contribution is -2.30. The molecule has 1 amide bonds. The van der Waals surface area contributed by atoms with E-state index in [9.17, 15) is 4.79 Å². The first-order valence-corrected chi connectivity index (χ1v) is 14.0. The minimum absolute atomic E-state index is 0.100. The van der Waals surface area contributed by atoms with Crippen LogP contribution in [0.4, 0.5) is 0 Å². The number of pyridine rings is 1. The molecule has 1 N–H and O–H groups in total. The Hall–Kier alpha value is -3.44. The molecule has 0 saturated carbocycles. The van der Waals surface area contributed by atoms with E-state index in [1.54, 1.807) is 0 Å². The second kappa shape index (κ2) is 12.9. The number of amides is 1.